The molecule has 0 saturated heterocycles. The van der Waals surface area contributed by atoms with Gasteiger partial charge in [0.05, 0.1) is 18.3 Å². The van der Waals surface area contributed by atoms with Crippen LogP contribution in [-0.2, 0) is 26.2 Å². The van der Waals surface area contributed by atoms with E-state index in [2.05, 4.69) is 20.7 Å². The summed E-state index contributed by atoms with van der Waals surface area (Å²) in [4.78, 5) is 4.33. The van der Waals surface area contributed by atoms with Crippen LogP contribution in [0.3, 0.4) is 0 Å². The number of aliphatic imine (C=N–C) groups is 1. The maximum Gasteiger partial charge on any atom is 0.416 e. The number of nitrogens with one attached hydrogen (secondary N) is 2. The van der Waals surface area contributed by atoms with Crippen molar-refractivity contribution >= 4 is 5.96 Å². The number of benzene rings is 1. The van der Waals surface area contributed by atoms with Gasteiger partial charge >= 0.3 is 6.18 Å². The van der Waals surface area contributed by atoms with E-state index in [1.807, 2.05) is 20.2 Å². The monoisotopic (exact) mass is 425 g/mol. The summed E-state index contributed by atoms with van der Waals surface area (Å²) in [5.41, 5.74) is -0.166. The van der Waals surface area contributed by atoms with E-state index in [4.69, 9.17) is 4.74 Å². The number of halogens is 3. The Hall–Kier alpha value is -2.71. The molecule has 2 N–H and O–H groups in total. The molecule has 166 valence electrons. The van der Waals surface area contributed by atoms with E-state index in [0.717, 1.165) is 18.1 Å². The van der Waals surface area contributed by atoms with Gasteiger partial charge in [0.25, 0.3) is 0 Å². The summed E-state index contributed by atoms with van der Waals surface area (Å²) in [6, 6.07) is 4.01. The van der Waals surface area contributed by atoms with Crippen LogP contribution in [0.1, 0.15) is 44.4 Å². The summed E-state index contributed by atoms with van der Waals surface area (Å²) in [7, 11) is 1.85. The average Bonchev–Trinajstić information content (AvgIpc) is 3.03. The van der Waals surface area contributed by atoms with Gasteiger partial charge in [-0.3, -0.25) is 4.68 Å². The topological polar surface area (TPSA) is 63.5 Å². The molecule has 0 bridgehead atoms. The van der Waals surface area contributed by atoms with Crippen LogP contribution in [0.5, 0.6) is 5.75 Å². The standard InChI is InChI=1S/C21H30F3N5O/c1-6-25-19(26-10-9-15-12-28-29(5)14-15)27-13-16-7-8-17(30-20(2,3)4)11-18(16)21(22,23)24/h7-8,11-12,14H,6,9-10,13H2,1-5H3,(H2,25,26,27). The molecule has 1 aromatic heterocycles. The molecular formula is C21H30F3N5O. The minimum absolute atomic E-state index is 0.0909. The van der Waals surface area contributed by atoms with Crippen LogP contribution in [0, 0.1) is 0 Å². The van der Waals surface area contributed by atoms with Crippen molar-refractivity contribution in [3.8, 4) is 5.75 Å². The molecule has 2 aromatic rings. The number of alkyl halides is 3. The molecule has 2 rings (SSSR count). The summed E-state index contributed by atoms with van der Waals surface area (Å²) in [6.45, 7) is 8.35. The van der Waals surface area contributed by atoms with Crippen LogP contribution < -0.4 is 15.4 Å². The van der Waals surface area contributed by atoms with Crippen molar-refractivity contribution in [2.24, 2.45) is 12.0 Å². The van der Waals surface area contributed by atoms with E-state index in [-0.39, 0.29) is 17.9 Å². The minimum Gasteiger partial charge on any atom is -0.488 e. The fourth-order valence-electron chi connectivity index (χ4n) is 2.81. The highest BCUT2D eigenvalue weighted by atomic mass is 19.4. The minimum atomic E-state index is -4.49. The van der Waals surface area contributed by atoms with Crippen molar-refractivity contribution in [3.05, 3.63) is 47.3 Å². The van der Waals surface area contributed by atoms with E-state index < -0.39 is 17.3 Å². The SMILES string of the molecule is CCNC(=NCc1ccc(OC(C)(C)C)cc1C(F)(F)F)NCCc1cnn(C)c1. The molecule has 0 aliphatic heterocycles. The maximum absolute atomic E-state index is 13.6. The molecule has 0 spiro atoms. The van der Waals surface area contributed by atoms with Gasteiger partial charge in [-0.1, -0.05) is 6.07 Å². The second kappa shape index (κ2) is 9.86. The predicted molar refractivity (Wildman–Crippen MR) is 112 cm³/mol. The molecular weight excluding hydrogens is 395 g/mol. The van der Waals surface area contributed by atoms with Crippen molar-refractivity contribution in [2.75, 3.05) is 13.1 Å². The molecule has 0 radical (unpaired) electrons. The van der Waals surface area contributed by atoms with Gasteiger partial charge in [-0.25, -0.2) is 4.99 Å². The zero-order chi connectivity index (χ0) is 22.4. The quantitative estimate of drug-likeness (QED) is 0.522. The molecule has 0 unspecified atom stereocenters. The lowest BCUT2D eigenvalue weighted by Crippen LogP contribution is -2.38. The summed E-state index contributed by atoms with van der Waals surface area (Å²) in [6.07, 6.45) is -0.0653. The first kappa shape index (κ1) is 23.6. The molecule has 1 heterocycles. The van der Waals surface area contributed by atoms with Gasteiger partial charge < -0.3 is 15.4 Å². The molecule has 0 saturated carbocycles. The maximum atomic E-state index is 13.6. The summed E-state index contributed by atoms with van der Waals surface area (Å²) in [5.74, 6) is 0.647. The first-order valence-corrected chi connectivity index (χ1v) is 9.87. The van der Waals surface area contributed by atoms with Crippen LogP contribution in [0.4, 0.5) is 13.2 Å². The Morgan fingerprint density at radius 2 is 1.93 bits per heavy atom. The summed E-state index contributed by atoms with van der Waals surface area (Å²) in [5, 5.41) is 10.3. The largest absolute Gasteiger partial charge is 0.488 e. The van der Waals surface area contributed by atoms with Gasteiger partial charge in [-0.15, -0.1) is 0 Å². The van der Waals surface area contributed by atoms with Crippen molar-refractivity contribution < 1.29 is 17.9 Å². The second-order valence-electron chi connectivity index (χ2n) is 7.93. The molecule has 9 heteroatoms. The predicted octanol–water partition coefficient (Wildman–Crippen LogP) is 3.91. The molecule has 0 fully saturated rings. The summed E-state index contributed by atoms with van der Waals surface area (Å²) < 4.78 is 48.1. The van der Waals surface area contributed by atoms with Crippen molar-refractivity contribution in [3.63, 3.8) is 0 Å². The lowest BCUT2D eigenvalue weighted by molar-refractivity contribution is -0.138. The van der Waals surface area contributed by atoms with Crippen LogP contribution in [0.2, 0.25) is 0 Å². The fraction of sp³-hybridized carbons (Fsp3) is 0.524. The average molecular weight is 425 g/mol. The number of rotatable bonds is 7. The number of hydrogen-bond donors (Lipinski definition) is 2. The first-order valence-electron chi connectivity index (χ1n) is 9.87. The van der Waals surface area contributed by atoms with Gasteiger partial charge in [0.2, 0.25) is 0 Å². The third-order valence-corrected chi connectivity index (χ3v) is 4.03. The highest BCUT2D eigenvalue weighted by Crippen LogP contribution is 2.35. The lowest BCUT2D eigenvalue weighted by atomic mass is 10.1. The molecule has 0 aliphatic carbocycles. The highest BCUT2D eigenvalue weighted by Gasteiger charge is 2.34. The van der Waals surface area contributed by atoms with E-state index in [1.165, 1.54) is 6.07 Å². The van der Waals surface area contributed by atoms with E-state index in [0.29, 0.717) is 19.0 Å². The normalized spacial score (nSPS) is 12.7. The smallest absolute Gasteiger partial charge is 0.416 e. The van der Waals surface area contributed by atoms with Crippen LogP contribution in [-0.4, -0.2) is 34.4 Å². The molecule has 30 heavy (non-hydrogen) atoms. The van der Waals surface area contributed by atoms with Crippen molar-refractivity contribution in [1.82, 2.24) is 20.4 Å². The second-order valence-corrected chi connectivity index (χ2v) is 7.93. The van der Waals surface area contributed by atoms with Crippen molar-refractivity contribution in [2.45, 2.75) is 52.4 Å². The number of hydrogen-bond acceptors (Lipinski definition) is 3. The Labute approximate surface area is 175 Å². The van der Waals surface area contributed by atoms with Crippen molar-refractivity contribution in [1.29, 1.82) is 0 Å². The van der Waals surface area contributed by atoms with Crippen LogP contribution >= 0.6 is 0 Å². The van der Waals surface area contributed by atoms with Gasteiger partial charge in [0, 0.05) is 26.3 Å². The Kier molecular flexibility index (Phi) is 7.75. The lowest BCUT2D eigenvalue weighted by Gasteiger charge is -2.22. The molecule has 1 aromatic carbocycles. The molecule has 0 aliphatic rings. The van der Waals surface area contributed by atoms with Gasteiger partial charge in [-0.05, 0) is 57.4 Å². The zero-order valence-electron chi connectivity index (χ0n) is 18.1. The number of guanidine groups is 1. The summed E-state index contributed by atoms with van der Waals surface area (Å²) >= 11 is 0. The zero-order valence-corrected chi connectivity index (χ0v) is 18.1. The number of aryl methyl sites for hydroxylation is 1. The Morgan fingerprint density at radius 1 is 1.20 bits per heavy atom. The fourth-order valence-corrected chi connectivity index (χ4v) is 2.81. The third-order valence-electron chi connectivity index (χ3n) is 4.03. The number of nitrogens with zero attached hydrogens (tertiary/aromatic N) is 3. The van der Waals surface area contributed by atoms with E-state index in [9.17, 15) is 13.2 Å². The highest BCUT2D eigenvalue weighted by molar-refractivity contribution is 5.79. The Morgan fingerprint density at radius 3 is 2.50 bits per heavy atom. The van der Waals surface area contributed by atoms with E-state index in [1.54, 1.807) is 37.7 Å². The van der Waals surface area contributed by atoms with Gasteiger partial charge in [0.15, 0.2) is 5.96 Å². The Bertz CT molecular complexity index is 853. The number of aromatic nitrogens is 2. The third kappa shape index (κ3) is 7.61. The molecule has 0 amide bonds. The number of ether oxygens (including phenoxy) is 1. The van der Waals surface area contributed by atoms with Crippen LogP contribution in [0.15, 0.2) is 35.6 Å². The molecule has 0 atom stereocenters. The van der Waals surface area contributed by atoms with Gasteiger partial charge in [-0.2, -0.15) is 18.3 Å². The Balaban J connectivity index is 2.12. The van der Waals surface area contributed by atoms with Gasteiger partial charge in [0.1, 0.15) is 11.4 Å². The first-order chi connectivity index (χ1) is 14.0. The van der Waals surface area contributed by atoms with E-state index >= 15 is 0 Å². The van der Waals surface area contributed by atoms with Crippen LogP contribution in [0.25, 0.3) is 0 Å². The molecule has 6 nitrogen and oxygen atoms in total.